The van der Waals surface area contributed by atoms with Crippen molar-refractivity contribution in [3.63, 3.8) is 0 Å². The lowest BCUT2D eigenvalue weighted by Crippen LogP contribution is -2.00. The van der Waals surface area contributed by atoms with Crippen LogP contribution in [-0.2, 0) is 0 Å². The lowest BCUT2D eigenvalue weighted by molar-refractivity contribution is 0.415. The van der Waals surface area contributed by atoms with Crippen LogP contribution in [0.1, 0.15) is 0 Å². The number of rotatable bonds is 3. The summed E-state index contributed by atoms with van der Waals surface area (Å²) in [6.07, 6.45) is 0. The van der Waals surface area contributed by atoms with Crippen molar-refractivity contribution < 1.29 is 13.5 Å². The Hall–Kier alpha value is -2.30. The second-order valence-electron chi connectivity index (χ2n) is 3.67. The van der Waals surface area contributed by atoms with E-state index < -0.39 is 11.6 Å². The first kappa shape index (κ1) is 12.2. The number of para-hydroxylation sites is 1. The molecule has 0 bridgehead atoms. The highest BCUT2D eigenvalue weighted by atomic mass is 19.1. The molecule has 0 radical (unpaired) electrons. The fraction of sp³-hybridized carbons (Fsp3) is 0.0769. The predicted octanol–water partition coefficient (Wildman–Crippen LogP) is 3.30. The second-order valence-corrected chi connectivity index (χ2v) is 3.67. The zero-order valence-electron chi connectivity index (χ0n) is 9.71. The normalized spacial score (nSPS) is 10.2. The van der Waals surface area contributed by atoms with E-state index in [0.29, 0.717) is 17.1 Å². The maximum absolute atomic E-state index is 13.4. The monoisotopic (exact) mass is 250 g/mol. The van der Waals surface area contributed by atoms with Crippen LogP contribution in [0.3, 0.4) is 0 Å². The number of halogens is 2. The fourth-order valence-corrected chi connectivity index (χ4v) is 1.53. The molecule has 0 aliphatic rings. The minimum Gasteiger partial charge on any atom is -0.497 e. The molecule has 0 fully saturated rings. The Morgan fingerprint density at radius 3 is 2.33 bits per heavy atom. The first-order valence-electron chi connectivity index (χ1n) is 5.26. The summed E-state index contributed by atoms with van der Waals surface area (Å²) in [7, 11) is 1.51. The van der Waals surface area contributed by atoms with E-state index in [0.717, 1.165) is 0 Å². The number of methoxy groups -OCH3 is 1. The fourth-order valence-electron chi connectivity index (χ4n) is 1.53. The van der Waals surface area contributed by atoms with Crippen molar-refractivity contribution in [3.8, 4) is 5.75 Å². The number of nitrogen functional groups attached to an aromatic ring is 1. The zero-order valence-corrected chi connectivity index (χ0v) is 9.71. The molecule has 0 heterocycles. The topological polar surface area (TPSA) is 47.3 Å². The maximum Gasteiger partial charge on any atom is 0.149 e. The molecule has 18 heavy (non-hydrogen) atoms. The summed E-state index contributed by atoms with van der Waals surface area (Å²) in [5.74, 6) is -0.775. The van der Waals surface area contributed by atoms with E-state index in [2.05, 4.69) is 5.32 Å². The Labute approximate surface area is 103 Å². The summed E-state index contributed by atoms with van der Waals surface area (Å²) in [4.78, 5) is 0. The third-order valence-corrected chi connectivity index (χ3v) is 2.48. The number of hydrogen-bond donors (Lipinski definition) is 2. The summed E-state index contributed by atoms with van der Waals surface area (Å²) in [6.45, 7) is 0. The highest BCUT2D eigenvalue weighted by Crippen LogP contribution is 2.29. The van der Waals surface area contributed by atoms with Crippen LogP contribution in [-0.4, -0.2) is 7.11 Å². The molecule has 0 aliphatic heterocycles. The van der Waals surface area contributed by atoms with Gasteiger partial charge < -0.3 is 15.8 Å². The molecule has 0 aromatic heterocycles. The van der Waals surface area contributed by atoms with E-state index in [4.69, 9.17) is 10.5 Å². The van der Waals surface area contributed by atoms with Crippen LogP contribution >= 0.6 is 0 Å². The van der Waals surface area contributed by atoms with Gasteiger partial charge in [-0.15, -0.1) is 0 Å². The molecule has 0 unspecified atom stereocenters. The number of ether oxygens (including phenoxy) is 1. The third kappa shape index (κ3) is 2.34. The quantitative estimate of drug-likeness (QED) is 0.822. The van der Waals surface area contributed by atoms with E-state index in [-0.39, 0.29) is 5.69 Å². The standard InChI is InChI=1S/C13H12F2N2O/c1-18-8-5-6-12(11(16)7-8)17-13-9(14)3-2-4-10(13)15/h2-7,17H,16H2,1H3. The van der Waals surface area contributed by atoms with E-state index in [9.17, 15) is 8.78 Å². The van der Waals surface area contributed by atoms with E-state index in [1.54, 1.807) is 18.2 Å². The van der Waals surface area contributed by atoms with Gasteiger partial charge in [0.2, 0.25) is 0 Å². The van der Waals surface area contributed by atoms with Crippen LogP contribution < -0.4 is 15.8 Å². The lowest BCUT2D eigenvalue weighted by Gasteiger charge is -2.11. The molecule has 5 heteroatoms. The molecular formula is C13H12F2N2O. The van der Waals surface area contributed by atoms with Crippen LogP contribution in [0, 0.1) is 11.6 Å². The molecule has 3 nitrogen and oxygen atoms in total. The van der Waals surface area contributed by atoms with Gasteiger partial charge in [-0.05, 0) is 24.3 Å². The highest BCUT2D eigenvalue weighted by Gasteiger charge is 2.10. The molecular weight excluding hydrogens is 238 g/mol. The van der Waals surface area contributed by atoms with Gasteiger partial charge in [0.25, 0.3) is 0 Å². The van der Waals surface area contributed by atoms with E-state index in [1.165, 1.54) is 25.3 Å². The van der Waals surface area contributed by atoms with Gasteiger partial charge in [0.15, 0.2) is 0 Å². The molecule has 2 aromatic carbocycles. The highest BCUT2D eigenvalue weighted by molar-refractivity contribution is 5.74. The summed E-state index contributed by atoms with van der Waals surface area (Å²) >= 11 is 0. The molecule has 0 saturated carbocycles. The van der Waals surface area contributed by atoms with Gasteiger partial charge in [-0.3, -0.25) is 0 Å². The summed E-state index contributed by atoms with van der Waals surface area (Å²) in [5, 5.41) is 2.63. The predicted molar refractivity (Wildman–Crippen MR) is 67.0 cm³/mol. The molecule has 0 saturated heterocycles. The van der Waals surface area contributed by atoms with Crippen LogP contribution in [0.2, 0.25) is 0 Å². The minimum absolute atomic E-state index is 0.227. The van der Waals surface area contributed by atoms with Crippen molar-refractivity contribution in [3.05, 3.63) is 48.0 Å². The van der Waals surface area contributed by atoms with Crippen molar-refractivity contribution >= 4 is 17.1 Å². The molecule has 3 N–H and O–H groups in total. The Morgan fingerprint density at radius 2 is 1.78 bits per heavy atom. The Bertz CT molecular complexity index is 553. The summed E-state index contributed by atoms with van der Waals surface area (Å²) < 4.78 is 31.9. The lowest BCUT2D eigenvalue weighted by atomic mass is 10.2. The average molecular weight is 250 g/mol. The first-order chi connectivity index (χ1) is 8.61. The van der Waals surface area contributed by atoms with Gasteiger partial charge in [0.1, 0.15) is 23.1 Å². The molecule has 94 valence electrons. The molecule has 2 rings (SSSR count). The van der Waals surface area contributed by atoms with Gasteiger partial charge >= 0.3 is 0 Å². The number of anilines is 3. The minimum atomic E-state index is -0.676. The smallest absolute Gasteiger partial charge is 0.149 e. The Kier molecular flexibility index (Phi) is 3.32. The SMILES string of the molecule is COc1ccc(Nc2c(F)cccc2F)c(N)c1. The third-order valence-electron chi connectivity index (χ3n) is 2.48. The van der Waals surface area contributed by atoms with Crippen LogP contribution in [0.4, 0.5) is 25.8 Å². The number of hydrogen-bond acceptors (Lipinski definition) is 3. The maximum atomic E-state index is 13.4. The van der Waals surface area contributed by atoms with Gasteiger partial charge in [-0.1, -0.05) is 6.07 Å². The van der Waals surface area contributed by atoms with Gasteiger partial charge in [0, 0.05) is 6.07 Å². The van der Waals surface area contributed by atoms with Crippen LogP contribution in [0.15, 0.2) is 36.4 Å². The zero-order chi connectivity index (χ0) is 13.1. The molecule has 2 aromatic rings. The Balaban J connectivity index is 2.34. The molecule has 0 atom stereocenters. The summed E-state index contributed by atoms with van der Waals surface area (Å²) in [6, 6.07) is 8.46. The van der Waals surface area contributed by atoms with Gasteiger partial charge in [-0.25, -0.2) is 8.78 Å². The van der Waals surface area contributed by atoms with Crippen molar-refractivity contribution in [2.75, 3.05) is 18.2 Å². The van der Waals surface area contributed by atoms with Crippen LogP contribution in [0.5, 0.6) is 5.75 Å². The average Bonchev–Trinajstić information content (AvgIpc) is 2.35. The molecule has 0 aliphatic carbocycles. The van der Waals surface area contributed by atoms with Crippen LogP contribution in [0.25, 0.3) is 0 Å². The van der Waals surface area contributed by atoms with Gasteiger partial charge in [-0.2, -0.15) is 0 Å². The number of nitrogens with one attached hydrogen (secondary N) is 1. The molecule has 0 spiro atoms. The summed E-state index contributed by atoms with van der Waals surface area (Å²) in [5.41, 5.74) is 6.29. The van der Waals surface area contributed by atoms with E-state index in [1.807, 2.05) is 0 Å². The van der Waals surface area contributed by atoms with Crippen molar-refractivity contribution in [2.24, 2.45) is 0 Å². The molecule has 0 amide bonds. The van der Waals surface area contributed by atoms with E-state index >= 15 is 0 Å². The largest absolute Gasteiger partial charge is 0.497 e. The Morgan fingerprint density at radius 1 is 1.11 bits per heavy atom. The number of nitrogens with two attached hydrogens (primary N) is 1. The van der Waals surface area contributed by atoms with Gasteiger partial charge in [0.05, 0.1) is 18.5 Å². The number of benzene rings is 2. The first-order valence-corrected chi connectivity index (χ1v) is 5.26. The van der Waals surface area contributed by atoms with Crippen molar-refractivity contribution in [1.82, 2.24) is 0 Å². The second kappa shape index (κ2) is 4.91. The van der Waals surface area contributed by atoms with Crippen molar-refractivity contribution in [2.45, 2.75) is 0 Å². The van der Waals surface area contributed by atoms with Crippen molar-refractivity contribution in [1.29, 1.82) is 0 Å².